The van der Waals surface area contributed by atoms with E-state index in [1.165, 1.54) is 5.69 Å². The number of aromatic carboxylic acids is 1. The van der Waals surface area contributed by atoms with Crippen molar-refractivity contribution >= 4 is 5.97 Å². The maximum atomic E-state index is 11.0. The lowest BCUT2D eigenvalue weighted by molar-refractivity contribution is 0.0695. The first kappa shape index (κ1) is 13.8. The Labute approximate surface area is 123 Å². The summed E-state index contributed by atoms with van der Waals surface area (Å²) >= 11 is 0. The van der Waals surface area contributed by atoms with Crippen molar-refractivity contribution in [3.63, 3.8) is 0 Å². The lowest BCUT2D eigenvalue weighted by Crippen LogP contribution is -2.47. The molecule has 1 N–H and O–H groups in total. The zero-order valence-corrected chi connectivity index (χ0v) is 12.3. The summed E-state index contributed by atoms with van der Waals surface area (Å²) in [5.74, 6) is -0.874. The van der Waals surface area contributed by atoms with Gasteiger partial charge in [0.2, 0.25) is 0 Å². The summed E-state index contributed by atoms with van der Waals surface area (Å²) in [5.41, 5.74) is 3.65. The van der Waals surface area contributed by atoms with E-state index in [0.29, 0.717) is 11.6 Å². The third kappa shape index (κ3) is 2.83. The monoisotopic (exact) mass is 285 g/mol. The summed E-state index contributed by atoms with van der Waals surface area (Å²) in [4.78, 5) is 13.3. The van der Waals surface area contributed by atoms with Crippen LogP contribution in [0.5, 0.6) is 0 Å². The number of hydrogen-bond acceptors (Lipinski definition) is 3. The van der Waals surface area contributed by atoms with Crippen LogP contribution in [-0.4, -0.2) is 38.8 Å². The van der Waals surface area contributed by atoms with Crippen molar-refractivity contribution in [3.05, 3.63) is 52.8 Å². The maximum absolute atomic E-state index is 11.0. The number of hydrogen-bond donors (Lipinski definition) is 1. The largest absolute Gasteiger partial charge is 0.478 e. The van der Waals surface area contributed by atoms with E-state index in [1.54, 1.807) is 18.2 Å². The van der Waals surface area contributed by atoms with Crippen molar-refractivity contribution in [3.8, 4) is 0 Å². The van der Waals surface area contributed by atoms with Crippen LogP contribution in [0.4, 0.5) is 0 Å². The van der Waals surface area contributed by atoms with E-state index < -0.39 is 5.97 Å². The van der Waals surface area contributed by atoms with Crippen LogP contribution < -0.4 is 0 Å². The molecule has 0 radical (unpaired) electrons. The van der Waals surface area contributed by atoms with Crippen LogP contribution in [0.2, 0.25) is 0 Å². The quantitative estimate of drug-likeness (QED) is 0.936. The van der Waals surface area contributed by atoms with Gasteiger partial charge in [-0.05, 0) is 37.6 Å². The molecule has 0 saturated carbocycles. The number of aromatic nitrogens is 2. The van der Waals surface area contributed by atoms with Crippen LogP contribution in [-0.2, 0) is 6.54 Å². The van der Waals surface area contributed by atoms with E-state index in [-0.39, 0.29) is 0 Å². The van der Waals surface area contributed by atoms with Crippen molar-refractivity contribution in [1.29, 1.82) is 0 Å². The van der Waals surface area contributed by atoms with Crippen molar-refractivity contribution in [2.45, 2.75) is 26.4 Å². The third-order valence-corrected chi connectivity index (χ3v) is 3.91. The van der Waals surface area contributed by atoms with E-state index in [1.807, 2.05) is 13.0 Å². The van der Waals surface area contributed by atoms with Crippen LogP contribution in [0.1, 0.15) is 33.4 Å². The van der Waals surface area contributed by atoms with Gasteiger partial charge in [-0.1, -0.05) is 12.1 Å². The van der Waals surface area contributed by atoms with Gasteiger partial charge >= 0.3 is 5.97 Å². The van der Waals surface area contributed by atoms with Gasteiger partial charge in [-0.2, -0.15) is 5.10 Å². The number of nitrogens with zero attached hydrogens (tertiary/aromatic N) is 3. The lowest BCUT2D eigenvalue weighted by Gasteiger charge is -2.39. The van der Waals surface area contributed by atoms with E-state index >= 15 is 0 Å². The summed E-state index contributed by atoms with van der Waals surface area (Å²) in [6, 6.07) is 9.68. The molecule has 2 aromatic rings. The number of carbonyl (C=O) groups is 1. The Hall–Kier alpha value is -2.14. The van der Waals surface area contributed by atoms with Crippen LogP contribution >= 0.6 is 0 Å². The van der Waals surface area contributed by atoms with Gasteiger partial charge in [0.25, 0.3) is 0 Å². The molecule has 21 heavy (non-hydrogen) atoms. The highest BCUT2D eigenvalue weighted by molar-refractivity contribution is 5.87. The predicted molar refractivity (Wildman–Crippen MR) is 79.4 cm³/mol. The van der Waals surface area contributed by atoms with Gasteiger partial charge in [0.1, 0.15) is 0 Å². The second-order valence-corrected chi connectivity index (χ2v) is 5.73. The van der Waals surface area contributed by atoms with Gasteiger partial charge in [-0.15, -0.1) is 0 Å². The van der Waals surface area contributed by atoms with Gasteiger partial charge in [0, 0.05) is 25.3 Å². The molecule has 0 unspecified atom stereocenters. The molecule has 0 aliphatic carbocycles. The van der Waals surface area contributed by atoms with Crippen molar-refractivity contribution in [2.75, 3.05) is 13.1 Å². The summed E-state index contributed by atoms with van der Waals surface area (Å²) in [6.45, 7) is 6.80. The zero-order valence-electron chi connectivity index (χ0n) is 12.3. The molecular formula is C16H19N3O2. The molecule has 1 aromatic carbocycles. The SMILES string of the molecule is Cc1cc(C)n(C2CN(Cc3cccc(C(=O)O)c3)C2)n1. The molecule has 1 aliphatic rings. The average molecular weight is 285 g/mol. The number of carboxylic acids is 1. The molecular weight excluding hydrogens is 266 g/mol. The Balaban J connectivity index is 1.61. The first-order valence-electron chi connectivity index (χ1n) is 7.10. The molecule has 1 saturated heterocycles. The van der Waals surface area contributed by atoms with Crippen LogP contribution in [0.3, 0.4) is 0 Å². The van der Waals surface area contributed by atoms with Gasteiger partial charge in [0.05, 0.1) is 17.3 Å². The molecule has 1 fully saturated rings. The fraction of sp³-hybridized carbons (Fsp3) is 0.375. The molecule has 5 heteroatoms. The number of carboxylic acid groups (broad SMARTS) is 1. The molecule has 0 atom stereocenters. The van der Waals surface area contributed by atoms with E-state index in [4.69, 9.17) is 5.11 Å². The Morgan fingerprint density at radius 1 is 1.33 bits per heavy atom. The summed E-state index contributed by atoms with van der Waals surface area (Å²) < 4.78 is 2.10. The van der Waals surface area contributed by atoms with Gasteiger partial charge < -0.3 is 5.11 Å². The Bertz CT molecular complexity index is 672. The molecule has 0 spiro atoms. The highest BCUT2D eigenvalue weighted by Gasteiger charge is 2.29. The van der Waals surface area contributed by atoms with Crippen LogP contribution in [0, 0.1) is 13.8 Å². The minimum atomic E-state index is -0.874. The minimum Gasteiger partial charge on any atom is -0.478 e. The Morgan fingerprint density at radius 2 is 2.10 bits per heavy atom. The smallest absolute Gasteiger partial charge is 0.335 e. The number of rotatable bonds is 4. The zero-order chi connectivity index (χ0) is 15.0. The minimum absolute atomic E-state index is 0.350. The molecule has 3 rings (SSSR count). The number of benzene rings is 1. The molecule has 0 bridgehead atoms. The Kier molecular flexibility index (Phi) is 3.51. The molecule has 5 nitrogen and oxygen atoms in total. The van der Waals surface area contributed by atoms with Crippen molar-refractivity contribution < 1.29 is 9.90 Å². The third-order valence-electron chi connectivity index (χ3n) is 3.91. The highest BCUT2D eigenvalue weighted by atomic mass is 16.4. The molecule has 2 heterocycles. The van der Waals surface area contributed by atoms with Crippen LogP contribution in [0.15, 0.2) is 30.3 Å². The van der Waals surface area contributed by atoms with E-state index in [0.717, 1.165) is 30.9 Å². The second kappa shape index (κ2) is 5.33. The topological polar surface area (TPSA) is 58.4 Å². The van der Waals surface area contributed by atoms with Gasteiger partial charge in [0.15, 0.2) is 0 Å². The lowest BCUT2D eigenvalue weighted by atomic mass is 10.1. The fourth-order valence-electron chi connectivity index (χ4n) is 2.90. The first-order chi connectivity index (χ1) is 10.0. The van der Waals surface area contributed by atoms with Gasteiger partial charge in [-0.25, -0.2) is 4.79 Å². The predicted octanol–water partition coefficient (Wildman–Crippen LogP) is 2.26. The Morgan fingerprint density at radius 3 is 2.71 bits per heavy atom. The summed E-state index contributed by atoms with van der Waals surface area (Å²) in [7, 11) is 0. The molecule has 0 amide bonds. The van der Waals surface area contributed by atoms with Gasteiger partial charge in [-0.3, -0.25) is 9.58 Å². The van der Waals surface area contributed by atoms with E-state index in [2.05, 4.69) is 27.7 Å². The highest BCUT2D eigenvalue weighted by Crippen LogP contribution is 2.24. The number of likely N-dealkylation sites (tertiary alicyclic amines) is 1. The summed E-state index contributed by atoms with van der Waals surface area (Å²) in [6.07, 6.45) is 0. The second-order valence-electron chi connectivity index (χ2n) is 5.73. The first-order valence-corrected chi connectivity index (χ1v) is 7.10. The molecule has 1 aromatic heterocycles. The van der Waals surface area contributed by atoms with Crippen molar-refractivity contribution in [1.82, 2.24) is 14.7 Å². The van der Waals surface area contributed by atoms with Crippen molar-refractivity contribution in [2.24, 2.45) is 0 Å². The standard InChI is InChI=1S/C16H19N3O2/c1-11-6-12(2)19(17-11)15-9-18(10-15)8-13-4-3-5-14(7-13)16(20)21/h3-7,15H,8-10H2,1-2H3,(H,20,21). The number of aryl methyl sites for hydroxylation is 2. The van der Waals surface area contributed by atoms with Crippen LogP contribution in [0.25, 0.3) is 0 Å². The van der Waals surface area contributed by atoms with E-state index in [9.17, 15) is 4.79 Å². The molecule has 110 valence electrons. The maximum Gasteiger partial charge on any atom is 0.335 e. The normalized spacial score (nSPS) is 15.9. The fourth-order valence-corrected chi connectivity index (χ4v) is 2.90. The summed E-state index contributed by atoms with van der Waals surface area (Å²) in [5, 5.41) is 13.5. The average Bonchev–Trinajstić information content (AvgIpc) is 2.72. The molecule has 1 aliphatic heterocycles.